The first-order valence-electron chi connectivity index (χ1n) is 5.14. The van der Waals surface area contributed by atoms with Crippen LogP contribution in [-0.2, 0) is 7.05 Å². The number of aryl methyl sites for hydroxylation is 2. The van der Waals surface area contributed by atoms with Crippen LogP contribution in [0.5, 0.6) is 11.6 Å². The van der Waals surface area contributed by atoms with E-state index in [9.17, 15) is 4.79 Å². The van der Waals surface area contributed by atoms with Gasteiger partial charge in [0.25, 0.3) is 0 Å². The first-order chi connectivity index (χ1) is 8.52. The highest BCUT2D eigenvalue weighted by Crippen LogP contribution is 2.33. The maximum absolute atomic E-state index is 11.0. The summed E-state index contributed by atoms with van der Waals surface area (Å²) >= 11 is 11.9. The zero-order chi connectivity index (χ0) is 13.3. The Morgan fingerprint density at radius 1 is 1.39 bits per heavy atom. The smallest absolute Gasteiger partial charge is 0.228 e. The van der Waals surface area contributed by atoms with Gasteiger partial charge in [-0.1, -0.05) is 23.2 Å². The van der Waals surface area contributed by atoms with Crippen molar-refractivity contribution in [2.24, 2.45) is 7.05 Å². The highest BCUT2D eigenvalue weighted by molar-refractivity contribution is 6.34. The minimum atomic E-state index is 0.340. The van der Waals surface area contributed by atoms with E-state index in [1.165, 1.54) is 4.68 Å². The van der Waals surface area contributed by atoms with Gasteiger partial charge < -0.3 is 4.74 Å². The van der Waals surface area contributed by atoms with Crippen LogP contribution in [0.15, 0.2) is 18.2 Å². The Morgan fingerprint density at radius 2 is 2.11 bits per heavy atom. The van der Waals surface area contributed by atoms with E-state index in [2.05, 4.69) is 5.10 Å². The molecule has 4 nitrogen and oxygen atoms in total. The number of nitrogens with zero attached hydrogens (tertiary/aromatic N) is 2. The fourth-order valence-electron chi connectivity index (χ4n) is 1.57. The summed E-state index contributed by atoms with van der Waals surface area (Å²) in [6.07, 6.45) is 0.704. The van der Waals surface area contributed by atoms with Gasteiger partial charge in [-0.25, -0.2) is 4.68 Å². The minimum absolute atomic E-state index is 0.340. The Hall–Kier alpha value is -1.52. The van der Waals surface area contributed by atoms with Crippen LogP contribution in [0.2, 0.25) is 10.0 Å². The molecule has 2 aromatic rings. The van der Waals surface area contributed by atoms with E-state index in [0.29, 0.717) is 39.2 Å². The van der Waals surface area contributed by atoms with Gasteiger partial charge in [0.2, 0.25) is 5.88 Å². The summed E-state index contributed by atoms with van der Waals surface area (Å²) in [6.45, 7) is 1.73. The molecule has 0 aliphatic carbocycles. The summed E-state index contributed by atoms with van der Waals surface area (Å²) in [6, 6.07) is 4.87. The number of halogens is 2. The summed E-state index contributed by atoms with van der Waals surface area (Å²) in [5.41, 5.74) is 0.995. The van der Waals surface area contributed by atoms with Crippen molar-refractivity contribution in [1.29, 1.82) is 0 Å². The first kappa shape index (κ1) is 12.9. The number of hydrogen-bond acceptors (Lipinski definition) is 3. The number of rotatable bonds is 3. The van der Waals surface area contributed by atoms with Crippen LogP contribution in [0.3, 0.4) is 0 Å². The van der Waals surface area contributed by atoms with Crippen molar-refractivity contribution in [3.05, 3.63) is 39.5 Å². The molecular weight excluding hydrogens is 275 g/mol. The van der Waals surface area contributed by atoms with Gasteiger partial charge in [0.05, 0.1) is 16.3 Å². The molecule has 0 bridgehead atoms. The van der Waals surface area contributed by atoms with Gasteiger partial charge in [0.1, 0.15) is 5.75 Å². The van der Waals surface area contributed by atoms with Crippen LogP contribution in [-0.4, -0.2) is 16.1 Å². The quantitative estimate of drug-likeness (QED) is 0.809. The number of hydrogen-bond donors (Lipinski definition) is 0. The molecule has 18 heavy (non-hydrogen) atoms. The second-order valence-corrected chi connectivity index (χ2v) is 4.57. The Bertz CT molecular complexity index is 608. The van der Waals surface area contributed by atoms with E-state index in [-0.39, 0.29) is 0 Å². The molecule has 0 fully saturated rings. The van der Waals surface area contributed by atoms with E-state index < -0.39 is 0 Å². The van der Waals surface area contributed by atoms with Gasteiger partial charge in [-0.3, -0.25) is 4.79 Å². The summed E-state index contributed by atoms with van der Waals surface area (Å²) in [5, 5.41) is 5.03. The first-order valence-corrected chi connectivity index (χ1v) is 5.90. The van der Waals surface area contributed by atoms with Gasteiger partial charge in [-0.15, -0.1) is 0 Å². The van der Waals surface area contributed by atoms with Gasteiger partial charge >= 0.3 is 0 Å². The molecule has 1 aromatic heterocycles. The predicted octanol–water partition coefficient (Wildman–Crippen LogP) is 3.64. The zero-order valence-corrected chi connectivity index (χ0v) is 11.3. The van der Waals surface area contributed by atoms with E-state index in [1.807, 2.05) is 0 Å². The second-order valence-electron chi connectivity index (χ2n) is 3.72. The van der Waals surface area contributed by atoms with Crippen LogP contribution in [0.1, 0.15) is 16.1 Å². The third-order valence-electron chi connectivity index (χ3n) is 2.43. The van der Waals surface area contributed by atoms with Crippen LogP contribution in [0, 0.1) is 6.92 Å². The molecule has 2 rings (SSSR count). The van der Waals surface area contributed by atoms with Crippen LogP contribution in [0.25, 0.3) is 0 Å². The third kappa shape index (κ3) is 2.35. The number of aldehydes is 1. The molecule has 0 aliphatic rings. The molecule has 0 radical (unpaired) electrons. The average molecular weight is 285 g/mol. The molecule has 6 heteroatoms. The second kappa shape index (κ2) is 5.00. The summed E-state index contributed by atoms with van der Waals surface area (Å²) in [7, 11) is 1.69. The van der Waals surface area contributed by atoms with Crippen molar-refractivity contribution in [3.63, 3.8) is 0 Å². The lowest BCUT2D eigenvalue weighted by atomic mass is 10.3. The largest absolute Gasteiger partial charge is 0.437 e. The SMILES string of the molecule is Cc1nn(C)c(Oc2cc(Cl)ccc2Cl)c1C=O. The molecule has 0 aliphatic heterocycles. The Kier molecular flexibility index (Phi) is 3.59. The highest BCUT2D eigenvalue weighted by Gasteiger charge is 2.16. The number of aromatic nitrogens is 2. The van der Waals surface area contributed by atoms with Gasteiger partial charge in [0.15, 0.2) is 6.29 Å². The summed E-state index contributed by atoms with van der Waals surface area (Å²) in [4.78, 5) is 11.0. The molecule has 0 unspecified atom stereocenters. The Morgan fingerprint density at radius 3 is 2.78 bits per heavy atom. The molecule has 0 saturated heterocycles. The van der Waals surface area contributed by atoms with E-state index in [1.54, 1.807) is 32.2 Å². The fraction of sp³-hybridized carbons (Fsp3) is 0.167. The molecule has 94 valence electrons. The van der Waals surface area contributed by atoms with Gasteiger partial charge in [-0.05, 0) is 19.1 Å². The van der Waals surface area contributed by atoms with Gasteiger partial charge in [-0.2, -0.15) is 5.10 Å². The predicted molar refractivity (Wildman–Crippen MR) is 69.9 cm³/mol. The molecule has 1 heterocycles. The highest BCUT2D eigenvalue weighted by atomic mass is 35.5. The molecular formula is C12H10Cl2N2O2. The maximum Gasteiger partial charge on any atom is 0.228 e. The monoisotopic (exact) mass is 284 g/mol. The topological polar surface area (TPSA) is 44.1 Å². The molecule has 0 atom stereocenters. The maximum atomic E-state index is 11.0. The van der Waals surface area contributed by atoms with Crippen molar-refractivity contribution in [3.8, 4) is 11.6 Å². The Balaban J connectivity index is 2.45. The summed E-state index contributed by atoms with van der Waals surface area (Å²) in [5.74, 6) is 0.724. The number of carbonyl (C=O) groups is 1. The van der Waals surface area contributed by atoms with Gasteiger partial charge in [0, 0.05) is 18.1 Å². The normalized spacial score (nSPS) is 10.4. The van der Waals surface area contributed by atoms with Crippen LogP contribution < -0.4 is 4.74 Å². The van der Waals surface area contributed by atoms with E-state index in [0.717, 1.165) is 0 Å². The molecule has 0 amide bonds. The standard InChI is InChI=1S/C12H10Cl2N2O2/c1-7-9(6-17)12(16(2)15-7)18-11-5-8(13)3-4-10(11)14/h3-6H,1-2H3. The molecule has 0 spiro atoms. The lowest BCUT2D eigenvalue weighted by Crippen LogP contribution is -1.97. The number of carbonyl (C=O) groups excluding carboxylic acids is 1. The van der Waals surface area contributed by atoms with Crippen molar-refractivity contribution in [1.82, 2.24) is 9.78 Å². The third-order valence-corrected chi connectivity index (χ3v) is 2.98. The van der Waals surface area contributed by atoms with Crippen LogP contribution in [0.4, 0.5) is 0 Å². The minimum Gasteiger partial charge on any atom is -0.437 e. The zero-order valence-electron chi connectivity index (χ0n) is 9.78. The van der Waals surface area contributed by atoms with E-state index >= 15 is 0 Å². The summed E-state index contributed by atoms with van der Waals surface area (Å²) < 4.78 is 7.10. The fourth-order valence-corrected chi connectivity index (χ4v) is 1.89. The van der Waals surface area contributed by atoms with Crippen molar-refractivity contribution >= 4 is 29.5 Å². The van der Waals surface area contributed by atoms with Crippen LogP contribution >= 0.6 is 23.2 Å². The molecule has 1 aromatic carbocycles. The van der Waals surface area contributed by atoms with Crippen molar-refractivity contribution < 1.29 is 9.53 Å². The van der Waals surface area contributed by atoms with E-state index in [4.69, 9.17) is 27.9 Å². The number of ether oxygens (including phenoxy) is 1. The average Bonchev–Trinajstić information content (AvgIpc) is 2.58. The lowest BCUT2D eigenvalue weighted by molar-refractivity contribution is 0.112. The number of benzene rings is 1. The van der Waals surface area contributed by atoms with Crippen molar-refractivity contribution in [2.75, 3.05) is 0 Å². The Labute approximate surface area is 114 Å². The molecule has 0 saturated carbocycles. The molecule has 0 N–H and O–H groups in total. The lowest BCUT2D eigenvalue weighted by Gasteiger charge is -2.08. The van der Waals surface area contributed by atoms with Crippen molar-refractivity contribution in [2.45, 2.75) is 6.92 Å².